The van der Waals surface area contributed by atoms with Crippen molar-refractivity contribution in [1.82, 2.24) is 15.1 Å². The molecule has 0 unspecified atom stereocenters. The number of carbonyl (C=O) groups is 1. The largest absolute Gasteiger partial charge is 0.340 e. The zero-order chi connectivity index (χ0) is 13.9. The number of aromatic amines is 1. The molecule has 1 saturated heterocycles. The highest BCUT2D eigenvalue weighted by Gasteiger charge is 2.33. The number of nitrogens with one attached hydrogen (secondary N) is 1. The fourth-order valence-electron chi connectivity index (χ4n) is 2.74. The van der Waals surface area contributed by atoms with Gasteiger partial charge < -0.3 is 10.6 Å². The Morgan fingerprint density at radius 2 is 1.95 bits per heavy atom. The first-order chi connectivity index (χ1) is 9.74. The molecular weight excluding hydrogens is 323 g/mol. The smallest absolute Gasteiger partial charge is 0.228 e. The van der Waals surface area contributed by atoms with Crippen LogP contribution in [0.3, 0.4) is 0 Å². The van der Waals surface area contributed by atoms with Crippen LogP contribution in [-0.4, -0.2) is 40.1 Å². The highest BCUT2D eigenvalue weighted by atomic mass is 35.5. The number of hydrogen-bond acceptors (Lipinski definition) is 3. The van der Waals surface area contributed by atoms with E-state index in [1.807, 2.05) is 29.2 Å². The maximum atomic E-state index is 12.3. The molecule has 7 heteroatoms. The Bertz CT molecular complexity index is 576. The van der Waals surface area contributed by atoms with Crippen LogP contribution in [0, 0.1) is 0 Å². The van der Waals surface area contributed by atoms with E-state index < -0.39 is 0 Å². The minimum atomic E-state index is 0. The Morgan fingerprint density at radius 3 is 2.59 bits per heavy atom. The van der Waals surface area contributed by atoms with Crippen LogP contribution in [0.2, 0.25) is 0 Å². The molecule has 0 bridgehead atoms. The van der Waals surface area contributed by atoms with E-state index in [2.05, 4.69) is 22.3 Å². The summed E-state index contributed by atoms with van der Waals surface area (Å²) in [6, 6.07) is 12.0. The molecule has 2 aromatic rings. The first kappa shape index (κ1) is 18.5. The van der Waals surface area contributed by atoms with Gasteiger partial charge in [0.15, 0.2) is 0 Å². The van der Waals surface area contributed by atoms with Gasteiger partial charge in [0.05, 0.1) is 6.42 Å². The number of nitrogens with zero attached hydrogens (tertiary/aromatic N) is 2. The predicted octanol–water partition coefficient (Wildman–Crippen LogP) is 1.75. The maximum absolute atomic E-state index is 12.3. The molecule has 1 aromatic heterocycles. The number of halogens is 2. The van der Waals surface area contributed by atoms with E-state index in [0.717, 1.165) is 5.69 Å². The third-order valence-electron chi connectivity index (χ3n) is 3.85. The minimum Gasteiger partial charge on any atom is -0.340 e. The normalized spacial score (nSPS) is 20.1. The van der Waals surface area contributed by atoms with Crippen molar-refractivity contribution in [3.8, 4) is 0 Å². The van der Waals surface area contributed by atoms with Gasteiger partial charge in [-0.15, -0.1) is 24.8 Å². The SMILES string of the molecule is Cl.Cl.N[C@@H]1CN(C(=O)Cc2ccn[nH]2)C[C@H]1c1ccccc1. The molecule has 1 aliphatic rings. The van der Waals surface area contributed by atoms with E-state index in [0.29, 0.717) is 19.5 Å². The number of rotatable bonds is 3. The van der Waals surface area contributed by atoms with Crippen LogP contribution in [0.4, 0.5) is 0 Å². The van der Waals surface area contributed by atoms with Crippen molar-refractivity contribution < 1.29 is 4.79 Å². The predicted molar refractivity (Wildman–Crippen MR) is 90.5 cm³/mol. The number of likely N-dealkylation sites (tertiary alicyclic amines) is 1. The van der Waals surface area contributed by atoms with E-state index in [1.165, 1.54) is 5.56 Å². The summed E-state index contributed by atoms with van der Waals surface area (Å²) in [6.45, 7) is 1.31. The Kier molecular flexibility index (Phi) is 6.87. The van der Waals surface area contributed by atoms with Crippen molar-refractivity contribution in [3.05, 3.63) is 53.9 Å². The van der Waals surface area contributed by atoms with E-state index >= 15 is 0 Å². The molecule has 0 spiro atoms. The summed E-state index contributed by atoms with van der Waals surface area (Å²) in [5.41, 5.74) is 8.24. The van der Waals surface area contributed by atoms with Gasteiger partial charge in [0.1, 0.15) is 0 Å². The number of H-pyrrole nitrogens is 1. The fraction of sp³-hybridized carbons (Fsp3) is 0.333. The van der Waals surface area contributed by atoms with Crippen molar-refractivity contribution >= 4 is 30.7 Å². The molecule has 1 amide bonds. The van der Waals surface area contributed by atoms with Gasteiger partial charge in [-0.1, -0.05) is 30.3 Å². The molecule has 2 atom stereocenters. The summed E-state index contributed by atoms with van der Waals surface area (Å²) in [5.74, 6) is 0.324. The molecule has 3 N–H and O–H groups in total. The van der Waals surface area contributed by atoms with Gasteiger partial charge in [-0.2, -0.15) is 5.10 Å². The van der Waals surface area contributed by atoms with E-state index in [-0.39, 0.29) is 42.7 Å². The monoisotopic (exact) mass is 342 g/mol. The Balaban J connectivity index is 0.00000121. The second-order valence-corrected chi connectivity index (χ2v) is 5.24. The third-order valence-corrected chi connectivity index (χ3v) is 3.85. The molecular formula is C15H20Cl2N4O. The molecule has 120 valence electrons. The average Bonchev–Trinajstić information content (AvgIpc) is 3.09. The van der Waals surface area contributed by atoms with Crippen molar-refractivity contribution in [2.24, 2.45) is 5.73 Å². The molecule has 1 aliphatic heterocycles. The van der Waals surface area contributed by atoms with Crippen LogP contribution in [0.1, 0.15) is 17.2 Å². The molecule has 1 fully saturated rings. The second-order valence-electron chi connectivity index (χ2n) is 5.24. The Morgan fingerprint density at radius 1 is 1.23 bits per heavy atom. The van der Waals surface area contributed by atoms with E-state index in [9.17, 15) is 4.79 Å². The fourth-order valence-corrected chi connectivity index (χ4v) is 2.74. The van der Waals surface area contributed by atoms with Crippen LogP contribution < -0.4 is 5.73 Å². The molecule has 0 aliphatic carbocycles. The van der Waals surface area contributed by atoms with Crippen molar-refractivity contribution in [2.75, 3.05) is 13.1 Å². The lowest BCUT2D eigenvalue weighted by atomic mass is 9.95. The zero-order valence-electron chi connectivity index (χ0n) is 12.0. The number of aromatic nitrogens is 2. The summed E-state index contributed by atoms with van der Waals surface area (Å²) < 4.78 is 0. The lowest BCUT2D eigenvalue weighted by Gasteiger charge is -2.16. The van der Waals surface area contributed by atoms with Crippen LogP contribution in [-0.2, 0) is 11.2 Å². The van der Waals surface area contributed by atoms with Crippen LogP contribution >= 0.6 is 24.8 Å². The number of amides is 1. The molecule has 2 heterocycles. The lowest BCUT2D eigenvalue weighted by Crippen LogP contribution is -2.33. The lowest BCUT2D eigenvalue weighted by molar-refractivity contribution is -0.129. The third kappa shape index (κ3) is 4.00. The first-order valence-electron chi connectivity index (χ1n) is 6.80. The van der Waals surface area contributed by atoms with Crippen LogP contribution in [0.15, 0.2) is 42.6 Å². The van der Waals surface area contributed by atoms with Crippen molar-refractivity contribution in [3.63, 3.8) is 0 Å². The number of benzene rings is 1. The Hall–Kier alpha value is -1.56. The first-order valence-corrected chi connectivity index (χ1v) is 6.80. The van der Waals surface area contributed by atoms with E-state index in [1.54, 1.807) is 6.20 Å². The average molecular weight is 343 g/mol. The van der Waals surface area contributed by atoms with Gasteiger partial charge >= 0.3 is 0 Å². The molecule has 0 radical (unpaired) electrons. The van der Waals surface area contributed by atoms with Crippen LogP contribution in [0.25, 0.3) is 0 Å². The summed E-state index contributed by atoms with van der Waals surface area (Å²) in [5, 5.41) is 6.68. The van der Waals surface area contributed by atoms with Gasteiger partial charge in [0, 0.05) is 36.9 Å². The standard InChI is InChI=1S/C15H18N4O.2ClH/c16-14-10-19(15(20)8-12-6-7-17-18-12)9-13(14)11-4-2-1-3-5-11;;/h1-7,13-14H,8-10,16H2,(H,17,18);2*1H/t13-,14+;;/m0../s1. The topological polar surface area (TPSA) is 75.0 Å². The molecule has 0 saturated carbocycles. The number of carbonyl (C=O) groups excluding carboxylic acids is 1. The van der Waals surface area contributed by atoms with Crippen LogP contribution in [0.5, 0.6) is 0 Å². The van der Waals surface area contributed by atoms with Gasteiger partial charge in [-0.25, -0.2) is 0 Å². The van der Waals surface area contributed by atoms with Crippen molar-refractivity contribution in [1.29, 1.82) is 0 Å². The minimum absolute atomic E-state index is 0. The van der Waals surface area contributed by atoms with E-state index in [4.69, 9.17) is 5.73 Å². The van der Waals surface area contributed by atoms with Gasteiger partial charge in [0.25, 0.3) is 0 Å². The highest BCUT2D eigenvalue weighted by Crippen LogP contribution is 2.26. The zero-order valence-corrected chi connectivity index (χ0v) is 13.6. The number of nitrogens with two attached hydrogens (primary N) is 1. The maximum Gasteiger partial charge on any atom is 0.228 e. The summed E-state index contributed by atoms with van der Waals surface area (Å²) in [6.07, 6.45) is 2.01. The summed E-state index contributed by atoms with van der Waals surface area (Å²) in [7, 11) is 0. The molecule has 1 aromatic carbocycles. The highest BCUT2D eigenvalue weighted by molar-refractivity contribution is 5.85. The molecule has 3 rings (SSSR count). The van der Waals surface area contributed by atoms with Gasteiger partial charge in [0.2, 0.25) is 5.91 Å². The van der Waals surface area contributed by atoms with Gasteiger partial charge in [-0.3, -0.25) is 9.89 Å². The summed E-state index contributed by atoms with van der Waals surface area (Å²) in [4.78, 5) is 14.1. The summed E-state index contributed by atoms with van der Waals surface area (Å²) >= 11 is 0. The molecule has 22 heavy (non-hydrogen) atoms. The quantitative estimate of drug-likeness (QED) is 0.892. The van der Waals surface area contributed by atoms with Gasteiger partial charge in [-0.05, 0) is 11.6 Å². The second kappa shape index (κ2) is 8.17. The Labute approximate surface area is 142 Å². The number of hydrogen-bond donors (Lipinski definition) is 2. The molecule has 5 nitrogen and oxygen atoms in total. The van der Waals surface area contributed by atoms with Crippen molar-refractivity contribution in [2.45, 2.75) is 18.4 Å².